The third-order valence-electron chi connectivity index (χ3n) is 2.75. The molecule has 0 amide bonds. The lowest BCUT2D eigenvalue weighted by Crippen LogP contribution is -2.31. The van der Waals surface area contributed by atoms with Crippen LogP contribution in [0.15, 0.2) is 28.8 Å². The van der Waals surface area contributed by atoms with Gasteiger partial charge < -0.3 is 19.7 Å². The Balaban J connectivity index is 1.68. The van der Waals surface area contributed by atoms with Crippen molar-refractivity contribution in [2.45, 2.75) is 26.5 Å². The van der Waals surface area contributed by atoms with E-state index in [2.05, 4.69) is 15.5 Å². The Morgan fingerprint density at radius 2 is 2.15 bits per heavy atom. The molecule has 0 bridgehead atoms. The van der Waals surface area contributed by atoms with Crippen molar-refractivity contribution in [1.29, 1.82) is 0 Å². The lowest BCUT2D eigenvalue weighted by Gasteiger charge is -2.13. The van der Waals surface area contributed by atoms with Crippen LogP contribution < -0.4 is 10.1 Å². The van der Waals surface area contributed by atoms with E-state index in [1.54, 1.807) is 6.92 Å². The van der Waals surface area contributed by atoms with E-state index in [0.717, 1.165) is 11.3 Å². The molecule has 0 saturated heterocycles. The Bertz CT molecular complexity index is 542. The van der Waals surface area contributed by atoms with Gasteiger partial charge in [0.05, 0.1) is 6.54 Å². The Morgan fingerprint density at radius 1 is 1.35 bits per heavy atom. The van der Waals surface area contributed by atoms with Crippen molar-refractivity contribution in [1.82, 2.24) is 15.5 Å². The molecule has 0 aliphatic heterocycles. The van der Waals surface area contributed by atoms with Crippen molar-refractivity contribution in [2.24, 2.45) is 0 Å². The van der Waals surface area contributed by atoms with Crippen LogP contribution in [0.5, 0.6) is 5.75 Å². The fourth-order valence-corrected chi connectivity index (χ4v) is 1.72. The number of hydrogen-bond donors (Lipinski definition) is 2. The van der Waals surface area contributed by atoms with E-state index in [-0.39, 0.29) is 6.61 Å². The summed E-state index contributed by atoms with van der Waals surface area (Å²) in [5.41, 5.74) is 1.05. The van der Waals surface area contributed by atoms with Gasteiger partial charge in [0, 0.05) is 6.54 Å². The first-order chi connectivity index (χ1) is 9.65. The Hall–Kier alpha value is -1.92. The third-order valence-corrected chi connectivity index (χ3v) is 2.75. The second-order valence-electron chi connectivity index (χ2n) is 4.60. The molecule has 20 heavy (non-hydrogen) atoms. The summed E-state index contributed by atoms with van der Waals surface area (Å²) in [6.07, 6.45) is -0.598. The summed E-state index contributed by atoms with van der Waals surface area (Å²) in [7, 11) is 0. The second-order valence-corrected chi connectivity index (χ2v) is 4.60. The zero-order chi connectivity index (χ0) is 14.4. The van der Waals surface area contributed by atoms with Crippen LogP contribution >= 0.6 is 0 Å². The zero-order valence-corrected chi connectivity index (χ0v) is 11.7. The third kappa shape index (κ3) is 4.32. The quantitative estimate of drug-likeness (QED) is 0.792. The van der Waals surface area contributed by atoms with E-state index in [4.69, 9.17) is 9.26 Å². The first-order valence-electron chi connectivity index (χ1n) is 6.51. The number of hydrogen-bond acceptors (Lipinski definition) is 6. The number of aromatic nitrogens is 2. The Kier molecular flexibility index (Phi) is 5.09. The first-order valence-corrected chi connectivity index (χ1v) is 6.51. The van der Waals surface area contributed by atoms with Gasteiger partial charge in [-0.05, 0) is 25.5 Å². The molecule has 0 fully saturated rings. The van der Waals surface area contributed by atoms with Crippen molar-refractivity contribution in [3.8, 4) is 5.75 Å². The molecular formula is C14H19N3O3. The van der Waals surface area contributed by atoms with Crippen LogP contribution in [0.25, 0.3) is 0 Å². The molecule has 0 aliphatic rings. The molecule has 1 heterocycles. The van der Waals surface area contributed by atoms with Gasteiger partial charge in [-0.3, -0.25) is 0 Å². The molecule has 6 heteroatoms. The van der Waals surface area contributed by atoms with E-state index in [1.165, 1.54) is 0 Å². The van der Waals surface area contributed by atoms with E-state index < -0.39 is 6.10 Å². The summed E-state index contributed by atoms with van der Waals surface area (Å²) >= 11 is 0. The minimum Gasteiger partial charge on any atom is -0.491 e. The van der Waals surface area contributed by atoms with Crippen LogP contribution in [-0.4, -0.2) is 34.5 Å². The summed E-state index contributed by atoms with van der Waals surface area (Å²) in [5, 5.41) is 16.6. The van der Waals surface area contributed by atoms with Crippen molar-refractivity contribution in [3.05, 3.63) is 41.5 Å². The van der Waals surface area contributed by atoms with Crippen molar-refractivity contribution >= 4 is 0 Å². The van der Waals surface area contributed by atoms with Crippen LogP contribution in [0, 0.1) is 13.8 Å². The average molecular weight is 277 g/mol. The fourth-order valence-electron chi connectivity index (χ4n) is 1.72. The standard InChI is InChI=1S/C14H19N3O3/c1-10-5-3-4-6-13(10)19-9-12(18)7-15-8-14-16-11(2)17-20-14/h3-6,12,15,18H,7-9H2,1-2H3. The van der Waals surface area contributed by atoms with Crippen LogP contribution in [0.1, 0.15) is 17.3 Å². The van der Waals surface area contributed by atoms with E-state index in [9.17, 15) is 5.11 Å². The van der Waals surface area contributed by atoms with Gasteiger partial charge in [0.1, 0.15) is 18.5 Å². The highest BCUT2D eigenvalue weighted by molar-refractivity contribution is 5.31. The van der Waals surface area contributed by atoms with Crippen LogP contribution in [0.3, 0.4) is 0 Å². The highest BCUT2D eigenvalue weighted by atomic mass is 16.5. The molecule has 1 atom stereocenters. The van der Waals surface area contributed by atoms with Crippen molar-refractivity contribution < 1.29 is 14.4 Å². The molecule has 0 spiro atoms. The van der Waals surface area contributed by atoms with Crippen LogP contribution in [-0.2, 0) is 6.54 Å². The molecule has 1 unspecified atom stereocenters. The number of ether oxygens (including phenoxy) is 1. The number of rotatable bonds is 7. The van der Waals surface area contributed by atoms with Gasteiger partial charge in [0.2, 0.25) is 5.89 Å². The number of para-hydroxylation sites is 1. The van der Waals surface area contributed by atoms with Gasteiger partial charge in [-0.1, -0.05) is 23.4 Å². The van der Waals surface area contributed by atoms with Gasteiger partial charge in [-0.2, -0.15) is 4.98 Å². The maximum Gasteiger partial charge on any atom is 0.240 e. The highest BCUT2D eigenvalue weighted by Gasteiger charge is 2.08. The molecule has 2 N–H and O–H groups in total. The summed E-state index contributed by atoms with van der Waals surface area (Å²) in [4.78, 5) is 4.06. The summed E-state index contributed by atoms with van der Waals surface area (Å²) in [6, 6.07) is 7.71. The van der Waals surface area contributed by atoms with Crippen molar-refractivity contribution in [3.63, 3.8) is 0 Å². The summed E-state index contributed by atoms with van der Waals surface area (Å²) in [6.45, 7) is 4.80. The first kappa shape index (κ1) is 14.5. The summed E-state index contributed by atoms with van der Waals surface area (Å²) in [5.74, 6) is 1.90. The molecule has 6 nitrogen and oxygen atoms in total. The number of nitrogens with zero attached hydrogens (tertiary/aromatic N) is 2. The van der Waals surface area contributed by atoms with E-state index in [1.807, 2.05) is 31.2 Å². The number of aliphatic hydroxyl groups excluding tert-OH is 1. The number of nitrogens with one attached hydrogen (secondary N) is 1. The molecule has 2 rings (SSSR count). The largest absolute Gasteiger partial charge is 0.491 e. The molecule has 0 saturated carbocycles. The van der Waals surface area contributed by atoms with E-state index >= 15 is 0 Å². The Labute approximate surface area is 117 Å². The predicted molar refractivity (Wildman–Crippen MR) is 73.4 cm³/mol. The lowest BCUT2D eigenvalue weighted by molar-refractivity contribution is 0.105. The van der Waals surface area contributed by atoms with E-state index in [0.29, 0.717) is 24.8 Å². The lowest BCUT2D eigenvalue weighted by atomic mass is 10.2. The molecule has 0 aliphatic carbocycles. The average Bonchev–Trinajstić information content (AvgIpc) is 2.83. The minimum atomic E-state index is -0.598. The highest BCUT2D eigenvalue weighted by Crippen LogP contribution is 2.16. The molecule has 1 aromatic heterocycles. The van der Waals surface area contributed by atoms with Gasteiger partial charge in [-0.25, -0.2) is 0 Å². The summed E-state index contributed by atoms with van der Waals surface area (Å²) < 4.78 is 10.5. The molecule has 108 valence electrons. The fraction of sp³-hybridized carbons (Fsp3) is 0.429. The van der Waals surface area contributed by atoms with Gasteiger partial charge in [-0.15, -0.1) is 0 Å². The maximum absolute atomic E-state index is 9.83. The number of benzene rings is 1. The second kappa shape index (κ2) is 7.02. The monoisotopic (exact) mass is 277 g/mol. The molecule has 2 aromatic rings. The SMILES string of the molecule is Cc1noc(CNCC(O)COc2ccccc2C)n1. The molecule has 0 radical (unpaired) electrons. The van der Waals surface area contributed by atoms with Gasteiger partial charge in [0.15, 0.2) is 5.82 Å². The number of aryl methyl sites for hydroxylation is 2. The zero-order valence-electron chi connectivity index (χ0n) is 11.7. The maximum atomic E-state index is 9.83. The Morgan fingerprint density at radius 3 is 2.85 bits per heavy atom. The topological polar surface area (TPSA) is 80.4 Å². The number of aliphatic hydroxyl groups is 1. The van der Waals surface area contributed by atoms with Crippen molar-refractivity contribution in [2.75, 3.05) is 13.2 Å². The van der Waals surface area contributed by atoms with Crippen LogP contribution in [0.4, 0.5) is 0 Å². The van der Waals surface area contributed by atoms with Gasteiger partial charge in [0.25, 0.3) is 0 Å². The normalized spacial score (nSPS) is 12.3. The molecule has 1 aromatic carbocycles. The predicted octanol–water partition coefficient (Wildman–Crippen LogP) is 1.22. The molecular weight excluding hydrogens is 258 g/mol. The van der Waals surface area contributed by atoms with Gasteiger partial charge >= 0.3 is 0 Å². The smallest absolute Gasteiger partial charge is 0.240 e. The minimum absolute atomic E-state index is 0.237. The van der Waals surface area contributed by atoms with Crippen LogP contribution in [0.2, 0.25) is 0 Å².